The summed E-state index contributed by atoms with van der Waals surface area (Å²) in [4.78, 5) is 11.3. The Labute approximate surface area is 108 Å². The minimum atomic E-state index is -0.751. The first-order chi connectivity index (χ1) is 8.34. The number of carboxylic acids is 1. The number of allylic oxidation sites excluding steroid dienone is 1. The third kappa shape index (κ3) is 1.80. The summed E-state index contributed by atoms with van der Waals surface area (Å²) in [7, 11) is 0. The minimum absolute atomic E-state index is 0.0319. The first-order valence-corrected chi connectivity index (χ1v) is 6.96. The minimum Gasteiger partial charge on any atom is -0.478 e. The normalized spacial score (nSPS) is 48.2. The molecule has 4 unspecified atom stereocenters. The number of aliphatic carboxylic acids is 1. The third-order valence-corrected chi connectivity index (χ3v) is 5.46. The number of hydrogen-bond donors (Lipinski definition) is 1. The number of fused-ring (bicyclic) bond motifs is 2. The van der Waals surface area contributed by atoms with Gasteiger partial charge in [0.15, 0.2) is 0 Å². The number of carboxylic acid groups (broad SMARTS) is 1. The zero-order valence-electron chi connectivity index (χ0n) is 11.4. The van der Waals surface area contributed by atoms with Gasteiger partial charge < -0.3 is 9.84 Å². The first-order valence-electron chi connectivity index (χ1n) is 6.96. The summed E-state index contributed by atoms with van der Waals surface area (Å²) in [6.07, 6.45) is 6.09. The van der Waals surface area contributed by atoms with Crippen molar-refractivity contribution in [1.29, 1.82) is 0 Å². The average Bonchev–Trinajstić information content (AvgIpc) is 3.07. The van der Waals surface area contributed by atoms with Crippen molar-refractivity contribution in [2.75, 3.05) is 0 Å². The van der Waals surface area contributed by atoms with Gasteiger partial charge in [-0.2, -0.15) is 0 Å². The number of rotatable bonds is 1. The van der Waals surface area contributed by atoms with Crippen LogP contribution >= 0.6 is 0 Å². The highest BCUT2D eigenvalue weighted by Gasteiger charge is 2.59. The Morgan fingerprint density at radius 2 is 2.11 bits per heavy atom. The molecule has 1 saturated carbocycles. The molecule has 1 aliphatic heterocycles. The van der Waals surface area contributed by atoms with Crippen molar-refractivity contribution < 1.29 is 14.6 Å². The summed E-state index contributed by atoms with van der Waals surface area (Å²) in [5.41, 5.74) is 0.894. The molecular formula is C15H22O3. The number of carbonyl (C=O) groups is 1. The van der Waals surface area contributed by atoms with Crippen molar-refractivity contribution in [3.8, 4) is 0 Å². The van der Waals surface area contributed by atoms with Gasteiger partial charge in [-0.05, 0) is 49.9 Å². The van der Waals surface area contributed by atoms with E-state index in [-0.39, 0.29) is 17.1 Å². The highest BCUT2D eigenvalue weighted by molar-refractivity contribution is 5.86. The molecule has 2 fully saturated rings. The maximum atomic E-state index is 11.3. The number of hydrogen-bond acceptors (Lipinski definition) is 2. The molecule has 3 rings (SSSR count). The van der Waals surface area contributed by atoms with Gasteiger partial charge in [0.2, 0.25) is 0 Å². The molecule has 100 valence electrons. The molecule has 4 atom stereocenters. The van der Waals surface area contributed by atoms with Crippen LogP contribution in [0.15, 0.2) is 11.6 Å². The molecule has 0 aromatic heterocycles. The second-order valence-electron chi connectivity index (χ2n) is 6.95. The summed E-state index contributed by atoms with van der Waals surface area (Å²) in [5, 5.41) is 9.28. The predicted octanol–water partition coefficient (Wildman–Crippen LogP) is 3.00. The Balaban J connectivity index is 1.84. The molecule has 1 heterocycles. The van der Waals surface area contributed by atoms with Crippen LogP contribution in [0.3, 0.4) is 0 Å². The number of epoxide rings is 1. The smallest absolute Gasteiger partial charge is 0.331 e. The maximum Gasteiger partial charge on any atom is 0.331 e. The molecule has 0 aromatic rings. The third-order valence-electron chi connectivity index (χ3n) is 5.46. The van der Waals surface area contributed by atoms with Crippen LogP contribution in [0, 0.1) is 17.3 Å². The van der Waals surface area contributed by atoms with Gasteiger partial charge in [-0.1, -0.05) is 19.9 Å². The lowest BCUT2D eigenvalue weighted by Gasteiger charge is -2.08. The van der Waals surface area contributed by atoms with Gasteiger partial charge in [0, 0.05) is 5.57 Å². The molecule has 0 aromatic carbocycles. The van der Waals surface area contributed by atoms with E-state index in [1.54, 1.807) is 0 Å². The monoisotopic (exact) mass is 250 g/mol. The van der Waals surface area contributed by atoms with Crippen molar-refractivity contribution in [3.05, 3.63) is 11.6 Å². The van der Waals surface area contributed by atoms with Crippen LogP contribution in [-0.4, -0.2) is 22.8 Å². The van der Waals surface area contributed by atoms with E-state index in [4.69, 9.17) is 4.74 Å². The van der Waals surface area contributed by atoms with Crippen LogP contribution < -0.4 is 0 Å². The summed E-state index contributed by atoms with van der Waals surface area (Å²) in [5.74, 6) is 0.327. The fourth-order valence-corrected chi connectivity index (χ4v) is 3.75. The van der Waals surface area contributed by atoms with E-state index in [0.717, 1.165) is 19.3 Å². The highest BCUT2D eigenvalue weighted by Crippen LogP contribution is 2.63. The quantitative estimate of drug-likeness (QED) is 0.728. The Bertz CT molecular complexity index is 423. The Kier molecular flexibility index (Phi) is 2.44. The molecular weight excluding hydrogens is 228 g/mol. The molecule has 0 spiro atoms. The van der Waals surface area contributed by atoms with E-state index in [0.29, 0.717) is 23.8 Å². The van der Waals surface area contributed by atoms with Crippen molar-refractivity contribution in [1.82, 2.24) is 0 Å². The Morgan fingerprint density at radius 3 is 2.78 bits per heavy atom. The van der Waals surface area contributed by atoms with Gasteiger partial charge in [0.05, 0.1) is 11.7 Å². The van der Waals surface area contributed by atoms with Crippen LogP contribution in [0.1, 0.15) is 46.5 Å². The SMILES string of the molecule is CC12CCC3C(/C=C(\C(=O)O)CCC1O2)C3(C)C. The molecule has 0 bridgehead atoms. The molecule has 18 heavy (non-hydrogen) atoms. The van der Waals surface area contributed by atoms with Crippen molar-refractivity contribution in [2.24, 2.45) is 17.3 Å². The Hall–Kier alpha value is -0.830. The van der Waals surface area contributed by atoms with Gasteiger partial charge in [-0.25, -0.2) is 4.79 Å². The van der Waals surface area contributed by atoms with Crippen LogP contribution in [0.4, 0.5) is 0 Å². The fourth-order valence-electron chi connectivity index (χ4n) is 3.75. The number of ether oxygens (including phenoxy) is 1. The molecule has 1 saturated heterocycles. The summed E-state index contributed by atoms with van der Waals surface area (Å²) >= 11 is 0. The molecule has 0 radical (unpaired) electrons. The molecule has 3 nitrogen and oxygen atoms in total. The van der Waals surface area contributed by atoms with E-state index in [1.807, 2.05) is 6.08 Å². The molecule has 0 amide bonds. The average molecular weight is 250 g/mol. The summed E-state index contributed by atoms with van der Waals surface area (Å²) < 4.78 is 5.78. The highest BCUT2D eigenvalue weighted by atomic mass is 16.6. The van der Waals surface area contributed by atoms with E-state index < -0.39 is 5.97 Å². The van der Waals surface area contributed by atoms with Gasteiger partial charge >= 0.3 is 5.97 Å². The topological polar surface area (TPSA) is 49.8 Å². The summed E-state index contributed by atoms with van der Waals surface area (Å²) in [6, 6.07) is 0. The fraction of sp³-hybridized carbons (Fsp3) is 0.800. The van der Waals surface area contributed by atoms with Crippen LogP contribution in [0.25, 0.3) is 0 Å². The lowest BCUT2D eigenvalue weighted by atomic mass is 9.93. The van der Waals surface area contributed by atoms with E-state index in [2.05, 4.69) is 20.8 Å². The Morgan fingerprint density at radius 1 is 1.39 bits per heavy atom. The van der Waals surface area contributed by atoms with Gasteiger partial charge in [-0.3, -0.25) is 0 Å². The van der Waals surface area contributed by atoms with Gasteiger partial charge in [-0.15, -0.1) is 0 Å². The lowest BCUT2D eigenvalue weighted by Crippen LogP contribution is -2.12. The summed E-state index contributed by atoms with van der Waals surface area (Å²) in [6.45, 7) is 6.68. The van der Waals surface area contributed by atoms with Crippen molar-refractivity contribution in [3.63, 3.8) is 0 Å². The second kappa shape index (κ2) is 3.60. The van der Waals surface area contributed by atoms with Crippen LogP contribution in [0.5, 0.6) is 0 Å². The second-order valence-corrected chi connectivity index (χ2v) is 6.95. The first kappa shape index (κ1) is 12.2. The zero-order valence-corrected chi connectivity index (χ0v) is 11.4. The molecule has 1 N–H and O–H groups in total. The maximum absolute atomic E-state index is 11.3. The van der Waals surface area contributed by atoms with Gasteiger partial charge in [0.1, 0.15) is 0 Å². The standard InChI is InChI=1S/C15H22O3/c1-14(2)10-6-7-15(3)12(18-15)5-4-9(13(16)17)8-11(10)14/h8,10-12H,4-7H2,1-3H3,(H,16,17)/b9-8-. The van der Waals surface area contributed by atoms with E-state index in [1.165, 1.54) is 0 Å². The molecule has 3 aliphatic rings. The van der Waals surface area contributed by atoms with E-state index >= 15 is 0 Å². The van der Waals surface area contributed by atoms with E-state index in [9.17, 15) is 9.90 Å². The lowest BCUT2D eigenvalue weighted by molar-refractivity contribution is -0.132. The molecule has 2 aliphatic carbocycles. The van der Waals surface area contributed by atoms with Crippen LogP contribution in [0.2, 0.25) is 0 Å². The van der Waals surface area contributed by atoms with Crippen molar-refractivity contribution >= 4 is 5.97 Å². The van der Waals surface area contributed by atoms with Gasteiger partial charge in [0.25, 0.3) is 0 Å². The zero-order chi connectivity index (χ0) is 13.1. The van der Waals surface area contributed by atoms with Crippen LogP contribution in [-0.2, 0) is 9.53 Å². The van der Waals surface area contributed by atoms with Crippen molar-refractivity contribution in [2.45, 2.75) is 58.2 Å². The molecule has 3 heteroatoms. The predicted molar refractivity (Wildman–Crippen MR) is 68.2 cm³/mol. The largest absolute Gasteiger partial charge is 0.478 e.